The Balaban J connectivity index is 1.22. The second-order valence-corrected chi connectivity index (χ2v) is 15.8. The molecular weight excluding hydrogens is 734 g/mol. The quantitative estimate of drug-likeness (QED) is 0.156. The van der Waals surface area contributed by atoms with Crippen LogP contribution in [-0.2, 0) is 32.6 Å². The van der Waals surface area contributed by atoms with Crippen LogP contribution in [0.3, 0.4) is 0 Å². The summed E-state index contributed by atoms with van der Waals surface area (Å²) in [6, 6.07) is 15.0. The second kappa shape index (κ2) is 15.3. The molecule has 57 heavy (non-hydrogen) atoms. The normalized spacial score (nSPS) is 28.9. The number of aliphatic carboxylic acids is 1. The van der Waals surface area contributed by atoms with Gasteiger partial charge in [0, 0.05) is 42.2 Å². The molecular formula is C43H47N3O11. The highest BCUT2D eigenvalue weighted by molar-refractivity contribution is 6.32. The molecule has 4 heterocycles. The molecule has 5 aliphatic rings. The summed E-state index contributed by atoms with van der Waals surface area (Å²) in [5, 5.41) is 75.6. The summed E-state index contributed by atoms with van der Waals surface area (Å²) in [5.74, 6) is -5.06. The molecule has 1 aliphatic carbocycles. The number of ether oxygens (including phenoxy) is 2. The van der Waals surface area contributed by atoms with E-state index in [1.165, 1.54) is 23.1 Å². The van der Waals surface area contributed by atoms with Crippen LogP contribution in [0.5, 0.6) is 17.2 Å². The number of benzene rings is 3. The van der Waals surface area contributed by atoms with Crippen molar-refractivity contribution in [3.8, 4) is 17.2 Å². The lowest BCUT2D eigenvalue weighted by Crippen LogP contribution is -2.68. The van der Waals surface area contributed by atoms with Crippen LogP contribution in [0, 0.1) is 0 Å². The van der Waals surface area contributed by atoms with E-state index in [2.05, 4.69) is 22.1 Å². The number of aliphatic imine (C=N–C) groups is 2. The van der Waals surface area contributed by atoms with E-state index >= 15 is 0 Å². The van der Waals surface area contributed by atoms with Gasteiger partial charge in [-0.15, -0.1) is 0 Å². The van der Waals surface area contributed by atoms with Gasteiger partial charge in [-0.25, -0.2) is 4.79 Å². The smallest absolute Gasteiger partial charge is 0.327 e. The number of carbonyl (C=O) groups excluding carboxylic acids is 1. The highest BCUT2D eigenvalue weighted by Crippen LogP contribution is 2.58. The van der Waals surface area contributed by atoms with Crippen molar-refractivity contribution in [3.63, 3.8) is 0 Å². The highest BCUT2D eigenvalue weighted by Gasteiger charge is 2.58. The molecule has 3 aromatic rings. The van der Waals surface area contributed by atoms with Gasteiger partial charge in [0.2, 0.25) is 5.79 Å². The molecule has 1 saturated heterocycles. The van der Waals surface area contributed by atoms with Crippen molar-refractivity contribution < 1.29 is 54.8 Å². The number of carboxylic acid groups (broad SMARTS) is 1. The molecule has 0 unspecified atom stereocenters. The first-order valence-corrected chi connectivity index (χ1v) is 19.5. The number of hydrogen-bond donors (Lipinski definition) is 7. The Bertz CT molecular complexity index is 2130. The number of fused-ring (bicyclic) bond motifs is 3. The zero-order chi connectivity index (χ0) is 40.1. The van der Waals surface area contributed by atoms with Gasteiger partial charge in [0.05, 0.1) is 18.0 Å². The van der Waals surface area contributed by atoms with Gasteiger partial charge in [-0.2, -0.15) is 0 Å². The average molecular weight is 782 g/mol. The van der Waals surface area contributed by atoms with Gasteiger partial charge in [0.15, 0.2) is 11.5 Å². The standard InChI is InChI=1S/C43H47N3O11/c47-22-33-37(51)38(52)40(53)43(56-33)16-13-28-35-29(19-32(49)39(28)57-43)30(20-42(14-5-2-6-15-42)26-7-3-1-4-8-26)36(41(54)55)46(35)34(50)12-10-24-9-11-31(48)25(17-24)18-27-21-44-23-45-27/h1,3-4,7-12,17,19,21,30,33,36-38,40,47-49,51-53H,2,5-6,13-16,18,20,22-23H2,(H,54,55)/b12-10+/t30-,33-,36-,37-,38+,40-,43+/m1/s1. The van der Waals surface area contributed by atoms with Gasteiger partial charge in [-0.1, -0.05) is 55.7 Å². The number of amides is 1. The molecule has 8 rings (SSSR count). The monoisotopic (exact) mass is 781 g/mol. The minimum absolute atomic E-state index is 0.00891. The Morgan fingerprint density at radius 3 is 2.42 bits per heavy atom. The van der Waals surface area contributed by atoms with E-state index in [1.54, 1.807) is 24.4 Å². The predicted molar refractivity (Wildman–Crippen MR) is 209 cm³/mol. The molecule has 1 spiro atoms. The molecule has 300 valence electrons. The first kappa shape index (κ1) is 38.7. The van der Waals surface area contributed by atoms with Gasteiger partial charge in [0.25, 0.3) is 5.91 Å². The van der Waals surface area contributed by atoms with Gasteiger partial charge >= 0.3 is 5.97 Å². The first-order chi connectivity index (χ1) is 27.4. The fraction of sp³-hybridized carbons (Fsp3) is 0.442. The minimum Gasteiger partial charge on any atom is -0.508 e. The van der Waals surface area contributed by atoms with Crippen LogP contribution >= 0.6 is 0 Å². The van der Waals surface area contributed by atoms with Crippen LogP contribution in [0.1, 0.15) is 78.7 Å². The SMILES string of the molecule is O=C(O)[C@H]1[C@H](CC2(c3ccccc3)CCCCC2)c2cc(O)c3c(c2N1C(=O)/C=C/c1ccc(O)c(CC2=NCN=C2)c1)CC[C@@]1(O3)O[C@H](CO)[C@@H](O)[C@H](O)[C@H]1O. The van der Waals surface area contributed by atoms with E-state index in [0.717, 1.165) is 37.7 Å². The maximum Gasteiger partial charge on any atom is 0.327 e. The summed E-state index contributed by atoms with van der Waals surface area (Å²) < 4.78 is 12.1. The second-order valence-electron chi connectivity index (χ2n) is 15.8. The Kier molecular flexibility index (Phi) is 10.4. The van der Waals surface area contributed by atoms with E-state index < -0.39 is 66.1 Å². The van der Waals surface area contributed by atoms with Crippen LogP contribution in [0.25, 0.3) is 6.08 Å². The molecule has 0 aromatic heterocycles. The summed E-state index contributed by atoms with van der Waals surface area (Å²) in [5.41, 5.74) is 3.63. The maximum atomic E-state index is 14.6. The van der Waals surface area contributed by atoms with Crippen LogP contribution in [0.4, 0.5) is 5.69 Å². The number of carbonyl (C=O) groups is 2. The summed E-state index contributed by atoms with van der Waals surface area (Å²) in [6.07, 6.45) is 3.25. The van der Waals surface area contributed by atoms with Crippen LogP contribution in [0.2, 0.25) is 0 Å². The molecule has 4 aliphatic heterocycles. The summed E-state index contributed by atoms with van der Waals surface area (Å²) >= 11 is 0. The first-order valence-electron chi connectivity index (χ1n) is 19.5. The lowest BCUT2D eigenvalue weighted by atomic mass is 9.63. The van der Waals surface area contributed by atoms with Crippen molar-refractivity contribution in [1.29, 1.82) is 0 Å². The topological polar surface area (TPSA) is 222 Å². The number of phenols is 2. The Hall–Kier alpha value is -5.12. The molecule has 7 N–H and O–H groups in total. The fourth-order valence-corrected chi connectivity index (χ4v) is 9.66. The minimum atomic E-state index is -1.98. The Morgan fingerprint density at radius 2 is 1.72 bits per heavy atom. The largest absolute Gasteiger partial charge is 0.508 e. The van der Waals surface area contributed by atoms with Crippen LogP contribution < -0.4 is 9.64 Å². The number of phenolic OH excluding ortho intramolecular Hbond substituents is 2. The Labute approximate surface area is 329 Å². The van der Waals surface area contributed by atoms with Crippen molar-refractivity contribution in [2.24, 2.45) is 9.98 Å². The molecule has 0 bridgehead atoms. The summed E-state index contributed by atoms with van der Waals surface area (Å²) in [6.45, 7) is -0.362. The third-order valence-electron chi connectivity index (χ3n) is 12.5. The number of carboxylic acids is 1. The highest BCUT2D eigenvalue weighted by atomic mass is 16.7. The van der Waals surface area contributed by atoms with E-state index in [0.29, 0.717) is 47.5 Å². The molecule has 3 aromatic carbocycles. The molecule has 0 radical (unpaired) electrons. The third-order valence-corrected chi connectivity index (χ3v) is 12.5. The number of aromatic hydroxyl groups is 2. The number of rotatable bonds is 9. The number of anilines is 1. The van der Waals surface area contributed by atoms with Crippen molar-refractivity contribution in [1.82, 2.24) is 0 Å². The number of aliphatic hydroxyl groups excluding tert-OH is 4. The van der Waals surface area contributed by atoms with Crippen LogP contribution in [0.15, 0.2) is 70.7 Å². The fourth-order valence-electron chi connectivity index (χ4n) is 9.66. The van der Waals surface area contributed by atoms with Crippen molar-refractivity contribution in [2.75, 3.05) is 18.2 Å². The van der Waals surface area contributed by atoms with E-state index in [9.17, 15) is 45.3 Å². The third kappa shape index (κ3) is 6.88. The summed E-state index contributed by atoms with van der Waals surface area (Å²) in [4.78, 5) is 37.9. The summed E-state index contributed by atoms with van der Waals surface area (Å²) in [7, 11) is 0. The van der Waals surface area contributed by atoms with E-state index in [-0.39, 0.29) is 35.8 Å². The van der Waals surface area contributed by atoms with Crippen LogP contribution in [-0.4, -0.2) is 109 Å². The number of nitrogens with zero attached hydrogens (tertiary/aromatic N) is 3. The predicted octanol–water partition coefficient (Wildman–Crippen LogP) is 3.51. The Morgan fingerprint density at radius 1 is 0.947 bits per heavy atom. The molecule has 2 fully saturated rings. The molecule has 1 amide bonds. The molecule has 7 atom stereocenters. The zero-order valence-electron chi connectivity index (χ0n) is 31.3. The van der Waals surface area contributed by atoms with Gasteiger partial charge in [-0.3, -0.25) is 19.7 Å². The van der Waals surface area contributed by atoms with Gasteiger partial charge in [-0.05, 0) is 72.1 Å². The molecule has 1 saturated carbocycles. The van der Waals surface area contributed by atoms with Crippen molar-refractivity contribution >= 4 is 35.6 Å². The lowest BCUT2D eigenvalue weighted by molar-refractivity contribution is -0.342. The van der Waals surface area contributed by atoms with Gasteiger partial charge < -0.3 is 45.2 Å². The zero-order valence-corrected chi connectivity index (χ0v) is 31.3. The average Bonchev–Trinajstić information content (AvgIpc) is 3.85. The van der Waals surface area contributed by atoms with E-state index in [4.69, 9.17) is 9.47 Å². The van der Waals surface area contributed by atoms with Crippen molar-refractivity contribution in [3.05, 3.63) is 88.5 Å². The van der Waals surface area contributed by atoms with E-state index in [1.807, 2.05) is 18.2 Å². The number of hydrogen-bond acceptors (Lipinski definition) is 12. The number of aliphatic hydroxyl groups is 4. The molecule has 14 heteroatoms. The molecule has 14 nitrogen and oxygen atoms in total. The lowest BCUT2D eigenvalue weighted by Gasteiger charge is -2.50. The van der Waals surface area contributed by atoms with Gasteiger partial charge in [0.1, 0.15) is 42.9 Å². The van der Waals surface area contributed by atoms with Crippen molar-refractivity contribution in [2.45, 2.75) is 105 Å². The maximum absolute atomic E-state index is 14.6.